The van der Waals surface area contributed by atoms with Gasteiger partial charge in [0.15, 0.2) is 0 Å². The molecule has 0 fully saturated rings. The molecule has 0 radical (unpaired) electrons. The number of rotatable bonds is 4. The van der Waals surface area contributed by atoms with E-state index < -0.39 is 0 Å². The van der Waals surface area contributed by atoms with Crippen LogP contribution in [0.15, 0.2) is 36.7 Å². The smallest absolute Gasteiger partial charge is 0.0662 e. The van der Waals surface area contributed by atoms with Crippen LogP contribution in [0.2, 0.25) is 0 Å². The van der Waals surface area contributed by atoms with Gasteiger partial charge in [-0.1, -0.05) is 24.3 Å². The third-order valence-electron chi connectivity index (χ3n) is 2.86. The molecule has 2 aromatic rings. The van der Waals surface area contributed by atoms with Crippen LogP contribution in [0.25, 0.3) is 0 Å². The van der Waals surface area contributed by atoms with Crippen molar-refractivity contribution in [3.63, 3.8) is 0 Å². The number of aromatic nitrogens is 2. The van der Waals surface area contributed by atoms with E-state index in [-0.39, 0.29) is 5.54 Å². The SMILES string of the molecule is CC(C)(C)NCc1ccccc1Cn1cc(I)cn1. The van der Waals surface area contributed by atoms with Crippen LogP contribution >= 0.6 is 22.6 Å². The second kappa shape index (κ2) is 6.05. The van der Waals surface area contributed by atoms with Gasteiger partial charge in [0.25, 0.3) is 0 Å². The van der Waals surface area contributed by atoms with E-state index in [4.69, 9.17) is 0 Å². The van der Waals surface area contributed by atoms with E-state index in [1.54, 1.807) is 0 Å². The summed E-state index contributed by atoms with van der Waals surface area (Å²) in [6.07, 6.45) is 3.95. The molecule has 0 bridgehead atoms. The van der Waals surface area contributed by atoms with Crippen molar-refractivity contribution in [2.24, 2.45) is 0 Å². The fourth-order valence-electron chi connectivity index (χ4n) is 1.84. The van der Waals surface area contributed by atoms with Crippen LogP contribution in [0.1, 0.15) is 31.9 Å². The lowest BCUT2D eigenvalue weighted by Gasteiger charge is -2.21. The van der Waals surface area contributed by atoms with Crippen LogP contribution < -0.4 is 5.32 Å². The third-order valence-corrected chi connectivity index (χ3v) is 3.42. The Morgan fingerprint density at radius 3 is 2.47 bits per heavy atom. The van der Waals surface area contributed by atoms with Crippen molar-refractivity contribution in [3.05, 3.63) is 51.4 Å². The molecule has 102 valence electrons. The maximum absolute atomic E-state index is 4.35. The van der Waals surface area contributed by atoms with Crippen LogP contribution in [0, 0.1) is 3.57 Å². The van der Waals surface area contributed by atoms with Crippen LogP contribution in [0.5, 0.6) is 0 Å². The minimum Gasteiger partial charge on any atom is -0.308 e. The number of nitrogens with one attached hydrogen (secondary N) is 1. The number of hydrogen-bond donors (Lipinski definition) is 1. The molecule has 0 amide bonds. The summed E-state index contributed by atoms with van der Waals surface area (Å²) < 4.78 is 3.15. The quantitative estimate of drug-likeness (QED) is 0.837. The van der Waals surface area contributed by atoms with Crippen LogP contribution in [0.4, 0.5) is 0 Å². The monoisotopic (exact) mass is 369 g/mol. The average Bonchev–Trinajstić information content (AvgIpc) is 2.73. The fourth-order valence-corrected chi connectivity index (χ4v) is 2.29. The van der Waals surface area contributed by atoms with Gasteiger partial charge >= 0.3 is 0 Å². The maximum atomic E-state index is 4.35. The molecule has 1 heterocycles. The predicted octanol–water partition coefficient (Wildman–Crippen LogP) is 3.42. The Balaban J connectivity index is 2.12. The van der Waals surface area contributed by atoms with E-state index in [1.807, 2.05) is 10.9 Å². The van der Waals surface area contributed by atoms with Crippen molar-refractivity contribution in [1.82, 2.24) is 15.1 Å². The van der Waals surface area contributed by atoms with E-state index in [9.17, 15) is 0 Å². The Bertz CT molecular complexity index is 540. The Kier molecular flexibility index (Phi) is 4.62. The van der Waals surface area contributed by atoms with Gasteiger partial charge in [-0.3, -0.25) is 4.68 Å². The molecule has 0 aliphatic heterocycles. The molecule has 0 spiro atoms. The first kappa shape index (κ1) is 14.5. The number of benzene rings is 1. The lowest BCUT2D eigenvalue weighted by molar-refractivity contribution is 0.423. The van der Waals surface area contributed by atoms with Gasteiger partial charge in [0.2, 0.25) is 0 Å². The molecular weight excluding hydrogens is 349 g/mol. The van der Waals surface area contributed by atoms with Gasteiger partial charge in [0.1, 0.15) is 0 Å². The van der Waals surface area contributed by atoms with Crippen molar-refractivity contribution >= 4 is 22.6 Å². The minimum absolute atomic E-state index is 0.133. The average molecular weight is 369 g/mol. The molecule has 0 aliphatic rings. The van der Waals surface area contributed by atoms with Crippen LogP contribution in [-0.4, -0.2) is 15.3 Å². The fraction of sp³-hybridized carbons (Fsp3) is 0.400. The molecule has 1 aromatic heterocycles. The molecule has 0 aliphatic carbocycles. The normalized spacial score (nSPS) is 11.8. The molecule has 0 atom stereocenters. The molecule has 19 heavy (non-hydrogen) atoms. The van der Waals surface area contributed by atoms with Crippen molar-refractivity contribution in [1.29, 1.82) is 0 Å². The standard InChI is InChI=1S/C15H20IN3/c1-15(2,3)17-8-12-6-4-5-7-13(12)10-19-11-14(16)9-18-19/h4-7,9,11,17H,8,10H2,1-3H3. The summed E-state index contributed by atoms with van der Waals surface area (Å²) in [5, 5.41) is 7.89. The number of hydrogen-bond acceptors (Lipinski definition) is 2. The van der Waals surface area contributed by atoms with Crippen LogP contribution in [-0.2, 0) is 13.1 Å². The van der Waals surface area contributed by atoms with Crippen molar-refractivity contribution in [2.45, 2.75) is 39.4 Å². The maximum Gasteiger partial charge on any atom is 0.0662 e. The topological polar surface area (TPSA) is 29.9 Å². The summed E-state index contributed by atoms with van der Waals surface area (Å²) in [5.74, 6) is 0. The van der Waals surface area contributed by atoms with Gasteiger partial charge < -0.3 is 5.32 Å². The highest BCUT2D eigenvalue weighted by Gasteiger charge is 2.10. The first-order chi connectivity index (χ1) is 8.94. The molecule has 0 unspecified atom stereocenters. The summed E-state index contributed by atoms with van der Waals surface area (Å²) in [6, 6.07) is 8.54. The minimum atomic E-state index is 0.133. The molecule has 0 saturated heterocycles. The molecular formula is C15H20IN3. The van der Waals surface area contributed by atoms with Gasteiger partial charge in [0, 0.05) is 18.3 Å². The predicted molar refractivity (Wildman–Crippen MR) is 87.1 cm³/mol. The highest BCUT2D eigenvalue weighted by molar-refractivity contribution is 14.1. The first-order valence-electron chi connectivity index (χ1n) is 6.44. The number of nitrogens with zero attached hydrogens (tertiary/aromatic N) is 2. The molecule has 4 heteroatoms. The Labute approximate surface area is 128 Å². The molecule has 0 saturated carbocycles. The Hall–Kier alpha value is -0.880. The Morgan fingerprint density at radius 1 is 1.21 bits per heavy atom. The second-order valence-electron chi connectivity index (χ2n) is 5.73. The van der Waals surface area contributed by atoms with E-state index in [2.05, 4.69) is 84.2 Å². The summed E-state index contributed by atoms with van der Waals surface area (Å²) in [6.45, 7) is 8.27. The highest BCUT2D eigenvalue weighted by Crippen LogP contribution is 2.13. The first-order valence-corrected chi connectivity index (χ1v) is 7.52. The highest BCUT2D eigenvalue weighted by atomic mass is 127. The summed E-state index contributed by atoms with van der Waals surface area (Å²) in [7, 11) is 0. The zero-order valence-electron chi connectivity index (χ0n) is 11.7. The Morgan fingerprint density at radius 2 is 1.89 bits per heavy atom. The zero-order chi connectivity index (χ0) is 13.9. The molecule has 3 nitrogen and oxygen atoms in total. The second-order valence-corrected chi connectivity index (χ2v) is 6.97. The van der Waals surface area contributed by atoms with Gasteiger partial charge in [-0.25, -0.2) is 0 Å². The summed E-state index contributed by atoms with van der Waals surface area (Å²) in [5.41, 5.74) is 2.79. The lowest BCUT2D eigenvalue weighted by atomic mass is 10.0. The molecule has 1 aromatic carbocycles. The number of halogens is 1. The third kappa shape index (κ3) is 4.62. The van der Waals surface area contributed by atoms with Gasteiger partial charge in [0.05, 0.1) is 16.3 Å². The summed E-state index contributed by atoms with van der Waals surface area (Å²) in [4.78, 5) is 0. The van der Waals surface area contributed by atoms with E-state index in [1.165, 1.54) is 14.7 Å². The van der Waals surface area contributed by atoms with E-state index in [0.717, 1.165) is 13.1 Å². The largest absolute Gasteiger partial charge is 0.308 e. The van der Waals surface area contributed by atoms with Crippen LogP contribution in [0.3, 0.4) is 0 Å². The van der Waals surface area contributed by atoms with Gasteiger partial charge in [-0.2, -0.15) is 5.10 Å². The van der Waals surface area contributed by atoms with Crippen molar-refractivity contribution in [2.75, 3.05) is 0 Å². The van der Waals surface area contributed by atoms with Gasteiger partial charge in [-0.05, 0) is 54.5 Å². The summed E-state index contributed by atoms with van der Waals surface area (Å²) >= 11 is 2.28. The lowest BCUT2D eigenvalue weighted by Crippen LogP contribution is -2.35. The molecule has 1 N–H and O–H groups in total. The van der Waals surface area contributed by atoms with E-state index >= 15 is 0 Å². The van der Waals surface area contributed by atoms with Crippen molar-refractivity contribution < 1.29 is 0 Å². The zero-order valence-corrected chi connectivity index (χ0v) is 13.8. The van der Waals surface area contributed by atoms with Crippen molar-refractivity contribution in [3.8, 4) is 0 Å². The van der Waals surface area contributed by atoms with E-state index in [0.29, 0.717) is 0 Å². The van der Waals surface area contributed by atoms with Gasteiger partial charge in [-0.15, -0.1) is 0 Å². The molecule has 2 rings (SSSR count).